The van der Waals surface area contributed by atoms with E-state index >= 15 is 0 Å². The van der Waals surface area contributed by atoms with Gasteiger partial charge in [0.05, 0.1) is 23.8 Å². The van der Waals surface area contributed by atoms with Gasteiger partial charge in [0, 0.05) is 20.0 Å². The number of hydrogen-bond donors (Lipinski definition) is 4. The van der Waals surface area contributed by atoms with Crippen LogP contribution >= 0.6 is 0 Å². The first-order valence-corrected chi connectivity index (χ1v) is 14.1. The lowest BCUT2D eigenvalue weighted by Crippen LogP contribution is -2.56. The molecule has 1 fully saturated rings. The number of nitrogens with two attached hydrogens (primary N) is 1. The number of nitrogens with one attached hydrogen (secondary N) is 3. The number of allylic oxidation sites excluding steroid dienone is 1. The van der Waals surface area contributed by atoms with Crippen LogP contribution in [0.2, 0.25) is 0 Å². The Labute approximate surface area is 237 Å². The summed E-state index contributed by atoms with van der Waals surface area (Å²) in [5, 5.41) is 2.59. The van der Waals surface area contributed by atoms with Gasteiger partial charge >= 0.3 is 0 Å². The summed E-state index contributed by atoms with van der Waals surface area (Å²) in [4.78, 5) is 59.1. The number of ether oxygens (including phenoxy) is 1. The SMILES string of the molecule is CC(=O)NCC(=O)C(/C=C/c1ccccc1)(CC(C)C)[C@@H](C(=O)NOC1CCCCO1)[C@@H](CC(C)C)C(=O)NN. The average Bonchev–Trinajstić information content (AvgIpc) is 2.93. The molecule has 1 aliphatic heterocycles. The van der Waals surface area contributed by atoms with Crippen LogP contribution in [0.15, 0.2) is 36.4 Å². The first-order valence-electron chi connectivity index (χ1n) is 14.1. The number of carbonyl (C=O) groups excluding carboxylic acids is 4. The zero-order valence-electron chi connectivity index (χ0n) is 24.4. The monoisotopic (exact) mass is 558 g/mol. The van der Waals surface area contributed by atoms with Crippen LogP contribution < -0.4 is 22.1 Å². The third-order valence-electron chi connectivity index (χ3n) is 7.01. The highest BCUT2D eigenvalue weighted by Crippen LogP contribution is 2.44. The molecule has 222 valence electrons. The number of ketones is 1. The first kappa shape index (κ1) is 33.1. The predicted octanol–water partition coefficient (Wildman–Crippen LogP) is 3.28. The summed E-state index contributed by atoms with van der Waals surface area (Å²) >= 11 is 0. The Kier molecular flexibility index (Phi) is 13.5. The molecule has 0 bridgehead atoms. The highest BCUT2D eigenvalue weighted by atomic mass is 16.8. The lowest BCUT2D eigenvalue weighted by Gasteiger charge is -2.41. The van der Waals surface area contributed by atoms with Crippen molar-refractivity contribution in [3.8, 4) is 0 Å². The lowest BCUT2D eigenvalue weighted by atomic mass is 9.61. The van der Waals surface area contributed by atoms with Gasteiger partial charge in [-0.2, -0.15) is 0 Å². The fourth-order valence-electron chi connectivity index (χ4n) is 5.31. The molecule has 2 rings (SSSR count). The molecule has 1 heterocycles. The Morgan fingerprint density at radius 1 is 1.07 bits per heavy atom. The summed E-state index contributed by atoms with van der Waals surface area (Å²) in [6.45, 7) is 9.28. The van der Waals surface area contributed by atoms with E-state index in [0.29, 0.717) is 13.0 Å². The van der Waals surface area contributed by atoms with E-state index in [-0.39, 0.29) is 37.1 Å². The van der Waals surface area contributed by atoms with Crippen molar-refractivity contribution in [2.45, 2.75) is 73.0 Å². The van der Waals surface area contributed by atoms with Gasteiger partial charge in [0.1, 0.15) is 0 Å². The van der Waals surface area contributed by atoms with E-state index in [1.165, 1.54) is 6.92 Å². The van der Waals surface area contributed by atoms with Gasteiger partial charge in [-0.25, -0.2) is 16.2 Å². The number of rotatable bonds is 15. The predicted molar refractivity (Wildman–Crippen MR) is 153 cm³/mol. The molecule has 5 N–H and O–H groups in total. The second kappa shape index (κ2) is 16.2. The minimum atomic E-state index is -1.49. The summed E-state index contributed by atoms with van der Waals surface area (Å²) in [5.74, 6) is 1.43. The van der Waals surface area contributed by atoms with Crippen molar-refractivity contribution in [1.82, 2.24) is 16.2 Å². The highest BCUT2D eigenvalue weighted by molar-refractivity contribution is 5.98. The van der Waals surface area contributed by atoms with E-state index in [2.05, 4.69) is 16.2 Å². The molecule has 0 aliphatic carbocycles. The number of hydroxylamine groups is 1. The number of carbonyl (C=O) groups is 4. The van der Waals surface area contributed by atoms with Crippen LogP contribution in [0.1, 0.15) is 72.3 Å². The molecule has 4 atom stereocenters. The average molecular weight is 559 g/mol. The van der Waals surface area contributed by atoms with E-state index in [1.807, 2.05) is 58.0 Å². The molecule has 10 heteroatoms. The van der Waals surface area contributed by atoms with E-state index in [0.717, 1.165) is 18.4 Å². The summed E-state index contributed by atoms with van der Waals surface area (Å²) in [6, 6.07) is 9.38. The van der Waals surface area contributed by atoms with E-state index < -0.39 is 41.1 Å². The maximum absolute atomic E-state index is 14.2. The van der Waals surface area contributed by atoms with Crippen molar-refractivity contribution in [3.05, 3.63) is 42.0 Å². The van der Waals surface area contributed by atoms with E-state index in [4.69, 9.17) is 15.4 Å². The molecule has 0 saturated carbocycles. The molecule has 1 aliphatic rings. The Morgan fingerprint density at radius 2 is 1.77 bits per heavy atom. The van der Waals surface area contributed by atoms with Crippen LogP contribution in [0.25, 0.3) is 6.08 Å². The van der Waals surface area contributed by atoms with E-state index in [1.54, 1.807) is 12.2 Å². The fraction of sp³-hybridized carbons (Fsp3) is 0.600. The smallest absolute Gasteiger partial charge is 0.248 e. The first-order chi connectivity index (χ1) is 19.0. The lowest BCUT2D eigenvalue weighted by molar-refractivity contribution is -0.204. The molecule has 10 nitrogen and oxygen atoms in total. The third-order valence-corrected chi connectivity index (χ3v) is 7.01. The molecule has 0 radical (unpaired) electrons. The number of hydrazine groups is 1. The Balaban J connectivity index is 2.72. The molecular formula is C30H46N4O6. The summed E-state index contributed by atoms with van der Waals surface area (Å²) in [6.07, 6.45) is 5.80. The molecular weight excluding hydrogens is 512 g/mol. The van der Waals surface area contributed by atoms with Gasteiger partial charge < -0.3 is 10.1 Å². The number of benzene rings is 1. The van der Waals surface area contributed by atoms with Crippen molar-refractivity contribution in [3.63, 3.8) is 0 Å². The molecule has 2 unspecified atom stereocenters. The molecule has 0 spiro atoms. The summed E-state index contributed by atoms with van der Waals surface area (Å²) < 4.78 is 5.61. The van der Waals surface area contributed by atoms with Crippen LogP contribution in [0.3, 0.4) is 0 Å². The zero-order chi connectivity index (χ0) is 29.7. The molecule has 40 heavy (non-hydrogen) atoms. The third kappa shape index (κ3) is 9.83. The van der Waals surface area contributed by atoms with Crippen LogP contribution in [0.5, 0.6) is 0 Å². The van der Waals surface area contributed by atoms with Gasteiger partial charge in [-0.1, -0.05) is 70.2 Å². The second-order valence-corrected chi connectivity index (χ2v) is 11.3. The van der Waals surface area contributed by atoms with Crippen molar-refractivity contribution in [1.29, 1.82) is 0 Å². The van der Waals surface area contributed by atoms with Gasteiger partial charge in [0.2, 0.25) is 17.7 Å². The van der Waals surface area contributed by atoms with Gasteiger partial charge in [-0.3, -0.25) is 24.6 Å². The molecule has 1 saturated heterocycles. The maximum atomic E-state index is 14.2. The second-order valence-electron chi connectivity index (χ2n) is 11.3. The van der Waals surface area contributed by atoms with Crippen molar-refractivity contribution in [2.75, 3.05) is 13.2 Å². The topological polar surface area (TPSA) is 149 Å². The number of hydrogen-bond acceptors (Lipinski definition) is 7. The van der Waals surface area contributed by atoms with Gasteiger partial charge in [-0.15, -0.1) is 0 Å². The molecule has 0 aromatic heterocycles. The minimum Gasteiger partial charge on any atom is -0.350 e. The summed E-state index contributed by atoms with van der Waals surface area (Å²) in [5.41, 5.74) is 4.06. The number of amides is 3. The quantitative estimate of drug-likeness (QED) is 0.147. The maximum Gasteiger partial charge on any atom is 0.248 e. The van der Waals surface area contributed by atoms with Crippen molar-refractivity contribution >= 4 is 29.6 Å². The Morgan fingerprint density at radius 3 is 2.33 bits per heavy atom. The van der Waals surface area contributed by atoms with Crippen LogP contribution in [-0.4, -0.2) is 42.9 Å². The fourth-order valence-corrected chi connectivity index (χ4v) is 5.31. The summed E-state index contributed by atoms with van der Waals surface area (Å²) in [7, 11) is 0. The van der Waals surface area contributed by atoms with Gasteiger partial charge in [-0.05, 0) is 43.1 Å². The molecule has 1 aromatic carbocycles. The molecule has 3 amide bonds. The Hall–Kier alpha value is -3.08. The highest BCUT2D eigenvalue weighted by Gasteiger charge is 2.52. The Bertz CT molecular complexity index is 1010. The van der Waals surface area contributed by atoms with Gasteiger partial charge in [0.15, 0.2) is 12.1 Å². The minimum absolute atomic E-state index is 0.000459. The van der Waals surface area contributed by atoms with Crippen LogP contribution in [0.4, 0.5) is 0 Å². The largest absolute Gasteiger partial charge is 0.350 e. The zero-order valence-corrected chi connectivity index (χ0v) is 24.4. The van der Waals surface area contributed by atoms with Crippen molar-refractivity contribution < 1.29 is 28.8 Å². The van der Waals surface area contributed by atoms with Gasteiger partial charge in [0.25, 0.3) is 0 Å². The van der Waals surface area contributed by atoms with Crippen molar-refractivity contribution in [2.24, 2.45) is 34.9 Å². The van der Waals surface area contributed by atoms with E-state index in [9.17, 15) is 19.2 Å². The molecule has 1 aromatic rings. The van der Waals surface area contributed by atoms with Crippen LogP contribution in [-0.2, 0) is 28.8 Å². The standard InChI is InChI=1S/C30H46N4O6/c1-20(2)17-24(28(37)33-31)27(29(38)34-40-26-13-9-10-16-39-26)30(18-21(3)4,25(36)19-32-22(5)35)15-14-23-11-7-6-8-12-23/h6-8,11-12,14-15,20-21,24,26-27H,9-10,13,16-19,31H2,1-5H3,(H,32,35)(H,33,37)(H,34,38)/b15-14+/t24-,26?,27-,30?/m1/s1. The van der Waals surface area contributed by atoms with Crippen LogP contribution in [0, 0.1) is 29.1 Å². The normalized spacial score (nSPS) is 18.6. The number of Topliss-reactive ketones (excluding diaryl/α,β-unsaturated/α-hetero) is 1.